The van der Waals surface area contributed by atoms with Crippen LogP contribution in [0.25, 0.3) is 0 Å². The van der Waals surface area contributed by atoms with Gasteiger partial charge in [-0.25, -0.2) is 0 Å². The Balaban J connectivity index is 2.37. The van der Waals surface area contributed by atoms with E-state index in [-0.39, 0.29) is 0 Å². The van der Waals surface area contributed by atoms with Gasteiger partial charge in [0.2, 0.25) is 0 Å². The molecule has 2 heteroatoms. The third-order valence-corrected chi connectivity index (χ3v) is 3.27. The van der Waals surface area contributed by atoms with Crippen LogP contribution in [0.4, 0.5) is 0 Å². The molecule has 0 saturated heterocycles. The zero-order chi connectivity index (χ0) is 10.1. The van der Waals surface area contributed by atoms with Gasteiger partial charge in [-0.3, -0.25) is 4.90 Å². The number of halogens is 1. The number of nitrogens with zero attached hydrogens (tertiary/aromatic N) is 1. The first-order chi connectivity index (χ1) is 6.70. The number of aryl methyl sites for hydroxylation is 1. The van der Waals surface area contributed by atoms with Crippen molar-refractivity contribution in [2.45, 2.75) is 26.8 Å². The Morgan fingerprint density at radius 2 is 2.21 bits per heavy atom. The van der Waals surface area contributed by atoms with Gasteiger partial charge >= 0.3 is 0 Å². The van der Waals surface area contributed by atoms with Gasteiger partial charge in [0.25, 0.3) is 0 Å². The third-order valence-electron chi connectivity index (χ3n) is 3.05. The van der Waals surface area contributed by atoms with E-state index < -0.39 is 0 Å². The molecule has 0 amide bonds. The second kappa shape index (κ2) is 3.92. The van der Waals surface area contributed by atoms with E-state index in [2.05, 4.69) is 30.9 Å². The highest BCUT2D eigenvalue weighted by molar-refractivity contribution is 6.30. The molecule has 0 atom stereocenters. The maximum atomic E-state index is 6.05. The SMILES string of the molecule is CCN1CCc2c(C)cc(Cl)cc2C1. The lowest BCUT2D eigenvalue weighted by Crippen LogP contribution is -2.30. The van der Waals surface area contributed by atoms with Crippen molar-refractivity contribution in [1.82, 2.24) is 4.90 Å². The molecule has 1 aliphatic rings. The van der Waals surface area contributed by atoms with Crippen molar-refractivity contribution in [1.29, 1.82) is 0 Å². The second-order valence-electron chi connectivity index (χ2n) is 3.98. The van der Waals surface area contributed by atoms with Crippen LogP contribution in [0, 0.1) is 6.92 Å². The molecule has 1 nitrogen and oxygen atoms in total. The van der Waals surface area contributed by atoms with E-state index >= 15 is 0 Å². The molecule has 0 N–H and O–H groups in total. The van der Waals surface area contributed by atoms with Crippen LogP contribution in [0.1, 0.15) is 23.6 Å². The molecule has 0 spiro atoms. The lowest BCUT2D eigenvalue weighted by molar-refractivity contribution is 0.268. The van der Waals surface area contributed by atoms with Crippen molar-refractivity contribution in [2.75, 3.05) is 13.1 Å². The maximum absolute atomic E-state index is 6.05. The van der Waals surface area contributed by atoms with Crippen LogP contribution >= 0.6 is 11.6 Å². The molecule has 1 aliphatic heterocycles. The minimum absolute atomic E-state index is 0.874. The van der Waals surface area contributed by atoms with Gasteiger partial charge in [-0.1, -0.05) is 18.5 Å². The van der Waals surface area contributed by atoms with Gasteiger partial charge in [0, 0.05) is 18.1 Å². The van der Waals surface area contributed by atoms with Crippen LogP contribution in [0.15, 0.2) is 12.1 Å². The fraction of sp³-hybridized carbons (Fsp3) is 0.500. The van der Waals surface area contributed by atoms with Crippen LogP contribution in [0.3, 0.4) is 0 Å². The highest BCUT2D eigenvalue weighted by atomic mass is 35.5. The molecular formula is C12H16ClN. The smallest absolute Gasteiger partial charge is 0.0412 e. The van der Waals surface area contributed by atoms with Gasteiger partial charge in [-0.05, 0) is 48.7 Å². The molecular weight excluding hydrogens is 194 g/mol. The fourth-order valence-electron chi connectivity index (χ4n) is 2.20. The maximum Gasteiger partial charge on any atom is 0.0412 e. The Kier molecular flexibility index (Phi) is 2.80. The monoisotopic (exact) mass is 209 g/mol. The van der Waals surface area contributed by atoms with Gasteiger partial charge in [-0.15, -0.1) is 0 Å². The van der Waals surface area contributed by atoms with E-state index in [4.69, 9.17) is 11.6 Å². The van der Waals surface area contributed by atoms with E-state index in [0.29, 0.717) is 0 Å². The van der Waals surface area contributed by atoms with Gasteiger partial charge < -0.3 is 0 Å². The summed E-state index contributed by atoms with van der Waals surface area (Å²) in [6, 6.07) is 4.19. The Bertz CT molecular complexity index is 346. The molecule has 0 saturated carbocycles. The minimum atomic E-state index is 0.874. The largest absolute Gasteiger partial charge is 0.299 e. The van der Waals surface area contributed by atoms with Crippen LogP contribution in [-0.2, 0) is 13.0 Å². The second-order valence-corrected chi connectivity index (χ2v) is 4.42. The van der Waals surface area contributed by atoms with Gasteiger partial charge in [-0.2, -0.15) is 0 Å². The molecule has 0 unspecified atom stereocenters. The van der Waals surface area contributed by atoms with E-state index in [9.17, 15) is 0 Å². The molecule has 2 rings (SSSR count). The van der Waals surface area contributed by atoms with Crippen LogP contribution in [0.5, 0.6) is 0 Å². The molecule has 1 aromatic carbocycles. The molecule has 0 radical (unpaired) electrons. The zero-order valence-electron chi connectivity index (χ0n) is 8.81. The van der Waals surface area contributed by atoms with E-state index in [1.54, 1.807) is 0 Å². The average Bonchev–Trinajstić information content (AvgIpc) is 2.16. The van der Waals surface area contributed by atoms with Gasteiger partial charge in [0.15, 0.2) is 0 Å². The molecule has 14 heavy (non-hydrogen) atoms. The molecule has 0 fully saturated rings. The summed E-state index contributed by atoms with van der Waals surface area (Å²) >= 11 is 6.05. The first-order valence-corrected chi connectivity index (χ1v) is 5.58. The first kappa shape index (κ1) is 10.0. The Labute approximate surface area is 90.7 Å². The Morgan fingerprint density at radius 3 is 2.93 bits per heavy atom. The zero-order valence-corrected chi connectivity index (χ0v) is 9.56. The fourth-order valence-corrected chi connectivity index (χ4v) is 2.50. The van der Waals surface area contributed by atoms with Crippen molar-refractivity contribution in [3.05, 3.63) is 33.8 Å². The number of hydrogen-bond acceptors (Lipinski definition) is 1. The number of hydrogen-bond donors (Lipinski definition) is 0. The predicted octanol–water partition coefficient (Wildman–Crippen LogP) is 3.03. The summed E-state index contributed by atoms with van der Waals surface area (Å²) < 4.78 is 0. The lowest BCUT2D eigenvalue weighted by Gasteiger charge is -2.28. The molecule has 0 bridgehead atoms. The Morgan fingerprint density at radius 1 is 1.43 bits per heavy atom. The van der Waals surface area contributed by atoms with Crippen LogP contribution in [-0.4, -0.2) is 18.0 Å². The van der Waals surface area contributed by atoms with Gasteiger partial charge in [0.1, 0.15) is 0 Å². The normalized spacial score (nSPS) is 16.8. The summed E-state index contributed by atoms with van der Waals surface area (Å²) in [6.07, 6.45) is 1.17. The molecule has 0 aromatic heterocycles. The average molecular weight is 210 g/mol. The number of rotatable bonds is 1. The van der Waals surface area contributed by atoms with E-state index in [1.165, 1.54) is 29.7 Å². The van der Waals surface area contributed by atoms with Gasteiger partial charge in [0.05, 0.1) is 0 Å². The predicted molar refractivity (Wildman–Crippen MR) is 60.8 cm³/mol. The number of fused-ring (bicyclic) bond motifs is 1. The highest BCUT2D eigenvalue weighted by Gasteiger charge is 2.16. The van der Waals surface area contributed by atoms with Crippen molar-refractivity contribution in [3.8, 4) is 0 Å². The summed E-state index contributed by atoms with van der Waals surface area (Å²) in [5.41, 5.74) is 4.28. The first-order valence-electron chi connectivity index (χ1n) is 5.21. The molecule has 0 aliphatic carbocycles. The van der Waals surface area contributed by atoms with Crippen molar-refractivity contribution in [2.24, 2.45) is 0 Å². The minimum Gasteiger partial charge on any atom is -0.299 e. The van der Waals surface area contributed by atoms with Crippen molar-refractivity contribution < 1.29 is 0 Å². The van der Waals surface area contributed by atoms with Crippen LogP contribution in [0.2, 0.25) is 5.02 Å². The topological polar surface area (TPSA) is 3.24 Å². The van der Waals surface area contributed by atoms with Crippen molar-refractivity contribution >= 4 is 11.6 Å². The number of likely N-dealkylation sites (N-methyl/N-ethyl adjacent to an activating group) is 1. The van der Waals surface area contributed by atoms with E-state index in [1.807, 2.05) is 0 Å². The molecule has 76 valence electrons. The summed E-state index contributed by atoms with van der Waals surface area (Å²) in [5, 5.41) is 0.874. The third kappa shape index (κ3) is 1.79. The van der Waals surface area contributed by atoms with Crippen molar-refractivity contribution in [3.63, 3.8) is 0 Å². The standard InChI is InChI=1S/C12H16ClN/c1-3-14-5-4-12-9(2)6-11(13)7-10(12)8-14/h6-7H,3-5,8H2,1-2H3. The Hall–Kier alpha value is -0.530. The quantitative estimate of drug-likeness (QED) is 0.688. The van der Waals surface area contributed by atoms with E-state index in [0.717, 1.165) is 18.1 Å². The highest BCUT2D eigenvalue weighted by Crippen LogP contribution is 2.25. The summed E-state index contributed by atoms with van der Waals surface area (Å²) in [6.45, 7) is 7.75. The molecule has 1 heterocycles. The van der Waals surface area contributed by atoms with Crippen LogP contribution < -0.4 is 0 Å². The summed E-state index contributed by atoms with van der Waals surface area (Å²) in [5.74, 6) is 0. The summed E-state index contributed by atoms with van der Waals surface area (Å²) in [4.78, 5) is 2.46. The molecule has 1 aromatic rings. The summed E-state index contributed by atoms with van der Waals surface area (Å²) in [7, 11) is 0. The number of benzene rings is 1. The lowest BCUT2D eigenvalue weighted by atomic mass is 9.95.